The van der Waals surface area contributed by atoms with E-state index in [4.69, 9.17) is 5.26 Å². The van der Waals surface area contributed by atoms with Gasteiger partial charge in [0.1, 0.15) is 0 Å². The van der Waals surface area contributed by atoms with Crippen LogP contribution in [0.1, 0.15) is 19.4 Å². The highest BCUT2D eigenvalue weighted by molar-refractivity contribution is 5.91. The Balaban J connectivity index is 2.29. The molecule has 0 fully saturated rings. The number of hydrogen-bond donors (Lipinski definition) is 3. The number of nitriles is 1. The van der Waals surface area contributed by atoms with Gasteiger partial charge in [-0.3, -0.25) is 4.79 Å². The zero-order valence-corrected chi connectivity index (χ0v) is 10.7. The fourth-order valence-electron chi connectivity index (χ4n) is 1.90. The van der Waals surface area contributed by atoms with Gasteiger partial charge in [-0.1, -0.05) is 19.9 Å². The quantitative estimate of drug-likeness (QED) is 0.709. The van der Waals surface area contributed by atoms with Crippen LogP contribution in [-0.4, -0.2) is 22.4 Å². The topological polar surface area (TPSA) is 102 Å². The minimum atomic E-state index is -0.649. The Morgan fingerprint density at radius 2 is 2.05 bits per heavy atom. The molecule has 6 nitrogen and oxygen atoms in total. The van der Waals surface area contributed by atoms with Crippen LogP contribution in [0.15, 0.2) is 23.0 Å². The summed E-state index contributed by atoms with van der Waals surface area (Å²) in [6, 6.07) is 7.10. The molecule has 1 heterocycles. The minimum Gasteiger partial charge on any atom is -0.343 e. The van der Waals surface area contributed by atoms with Crippen molar-refractivity contribution in [1.82, 2.24) is 15.3 Å². The second kappa shape index (κ2) is 4.61. The molecule has 0 saturated carbocycles. The number of aromatic nitrogens is 2. The van der Waals surface area contributed by atoms with Gasteiger partial charge < -0.3 is 15.3 Å². The Kier molecular flexibility index (Phi) is 3.13. The first-order valence-electron chi connectivity index (χ1n) is 5.83. The zero-order chi connectivity index (χ0) is 14.0. The van der Waals surface area contributed by atoms with E-state index in [9.17, 15) is 9.59 Å². The van der Waals surface area contributed by atoms with Crippen LogP contribution in [0.4, 0.5) is 0 Å². The lowest BCUT2D eigenvalue weighted by Gasteiger charge is -2.25. The van der Waals surface area contributed by atoms with Gasteiger partial charge in [-0.25, -0.2) is 4.79 Å². The second-order valence-corrected chi connectivity index (χ2v) is 5.02. The van der Waals surface area contributed by atoms with Crippen molar-refractivity contribution < 1.29 is 4.79 Å². The fraction of sp³-hybridized carbons (Fsp3) is 0.308. The Labute approximate surface area is 109 Å². The minimum absolute atomic E-state index is 0.247. The summed E-state index contributed by atoms with van der Waals surface area (Å²) in [5.74, 6) is -0.649. The first kappa shape index (κ1) is 12.9. The van der Waals surface area contributed by atoms with E-state index in [1.807, 2.05) is 32.0 Å². The van der Waals surface area contributed by atoms with Crippen LogP contribution in [0.25, 0.3) is 11.0 Å². The lowest BCUT2D eigenvalue weighted by molar-refractivity contribution is -0.116. The fourth-order valence-corrected chi connectivity index (χ4v) is 1.90. The highest BCUT2D eigenvalue weighted by atomic mass is 16.1. The van der Waals surface area contributed by atoms with Crippen LogP contribution in [0.5, 0.6) is 0 Å². The maximum absolute atomic E-state index is 11.2. The third kappa shape index (κ3) is 2.65. The summed E-state index contributed by atoms with van der Waals surface area (Å²) in [7, 11) is 0. The van der Waals surface area contributed by atoms with E-state index in [0.29, 0.717) is 6.54 Å². The van der Waals surface area contributed by atoms with Crippen LogP contribution in [-0.2, 0) is 10.2 Å². The summed E-state index contributed by atoms with van der Waals surface area (Å²) in [5, 5.41) is 11.0. The largest absolute Gasteiger partial charge is 0.343 e. The molecule has 3 N–H and O–H groups in total. The summed E-state index contributed by atoms with van der Waals surface area (Å²) in [6.07, 6.45) is 0. The van der Waals surface area contributed by atoms with Crippen molar-refractivity contribution in [1.29, 1.82) is 5.26 Å². The summed E-state index contributed by atoms with van der Waals surface area (Å²) < 4.78 is 0. The summed E-state index contributed by atoms with van der Waals surface area (Å²) in [5.41, 5.74) is 1.85. The molecule has 2 aromatic rings. The number of H-pyrrole nitrogens is 2. The number of aromatic amines is 2. The normalized spacial score (nSPS) is 11.2. The van der Waals surface area contributed by atoms with E-state index in [1.54, 1.807) is 0 Å². The van der Waals surface area contributed by atoms with Gasteiger partial charge in [0.05, 0.1) is 11.0 Å². The lowest BCUT2D eigenvalue weighted by Crippen LogP contribution is -2.36. The molecule has 1 amide bonds. The molecule has 0 aliphatic rings. The maximum atomic E-state index is 11.2. The molecular weight excluding hydrogens is 244 g/mol. The molecule has 0 unspecified atom stereocenters. The van der Waals surface area contributed by atoms with Gasteiger partial charge in [-0.15, -0.1) is 0 Å². The molecule has 2 rings (SSSR count). The van der Waals surface area contributed by atoms with Crippen molar-refractivity contribution in [3.63, 3.8) is 0 Å². The molecule has 0 atom stereocenters. The van der Waals surface area contributed by atoms with Gasteiger partial charge in [-0.05, 0) is 17.7 Å². The predicted molar refractivity (Wildman–Crippen MR) is 70.6 cm³/mol. The first-order valence-corrected chi connectivity index (χ1v) is 5.83. The molecule has 0 spiro atoms. The molecule has 19 heavy (non-hydrogen) atoms. The number of nitrogens with zero attached hydrogens (tertiary/aromatic N) is 1. The number of carbonyl (C=O) groups is 1. The molecule has 98 valence electrons. The van der Waals surface area contributed by atoms with E-state index in [1.165, 1.54) is 6.07 Å². The third-order valence-corrected chi connectivity index (χ3v) is 3.09. The number of carbonyl (C=O) groups excluding carboxylic acids is 1. The molecule has 0 radical (unpaired) electrons. The molecular formula is C13H14N4O2. The van der Waals surface area contributed by atoms with Crippen molar-refractivity contribution in [3.05, 3.63) is 34.2 Å². The summed E-state index contributed by atoms with van der Waals surface area (Å²) in [4.78, 5) is 27.5. The standard InChI is InChI=1S/C13H14N4O2/c1-13(2,7-15-11(18)6-14)8-3-4-9-10(5-8)17-12(19)16-9/h3-5H,7H2,1-2H3,(H,15,18)(H2,16,17,19). The average Bonchev–Trinajstić information content (AvgIpc) is 2.74. The molecule has 6 heteroatoms. The van der Waals surface area contributed by atoms with Crippen LogP contribution in [0, 0.1) is 11.3 Å². The SMILES string of the molecule is CC(C)(CNC(=O)C#N)c1ccc2[nH]c(=O)[nH]c2c1. The van der Waals surface area contributed by atoms with Gasteiger partial charge >= 0.3 is 11.6 Å². The van der Waals surface area contributed by atoms with Crippen molar-refractivity contribution in [3.8, 4) is 6.07 Å². The highest BCUT2D eigenvalue weighted by Crippen LogP contribution is 2.24. The van der Waals surface area contributed by atoms with E-state index < -0.39 is 5.91 Å². The van der Waals surface area contributed by atoms with Crippen molar-refractivity contribution in [2.45, 2.75) is 19.3 Å². The van der Waals surface area contributed by atoms with E-state index in [2.05, 4.69) is 15.3 Å². The molecule has 0 aliphatic heterocycles. The van der Waals surface area contributed by atoms with Crippen LogP contribution in [0.2, 0.25) is 0 Å². The van der Waals surface area contributed by atoms with E-state index >= 15 is 0 Å². The number of fused-ring (bicyclic) bond motifs is 1. The number of hydrogen-bond acceptors (Lipinski definition) is 3. The molecule has 1 aromatic heterocycles. The number of nitrogens with one attached hydrogen (secondary N) is 3. The van der Waals surface area contributed by atoms with Gasteiger partial charge in [0.25, 0.3) is 0 Å². The molecule has 1 aromatic carbocycles. The number of benzene rings is 1. The summed E-state index contributed by atoms with van der Waals surface area (Å²) in [6.45, 7) is 4.26. The van der Waals surface area contributed by atoms with Crippen molar-refractivity contribution in [2.24, 2.45) is 0 Å². The first-order chi connectivity index (χ1) is 8.92. The van der Waals surface area contributed by atoms with Crippen LogP contribution >= 0.6 is 0 Å². The van der Waals surface area contributed by atoms with Gasteiger partial charge in [0, 0.05) is 12.0 Å². The van der Waals surface area contributed by atoms with Crippen LogP contribution in [0.3, 0.4) is 0 Å². The lowest BCUT2D eigenvalue weighted by atomic mass is 9.84. The van der Waals surface area contributed by atoms with E-state index in [-0.39, 0.29) is 11.1 Å². The Hall–Kier alpha value is -2.55. The number of amides is 1. The molecule has 0 saturated heterocycles. The van der Waals surface area contributed by atoms with Gasteiger partial charge in [-0.2, -0.15) is 5.26 Å². The zero-order valence-electron chi connectivity index (χ0n) is 10.7. The predicted octanol–water partition coefficient (Wildman–Crippen LogP) is 0.774. The van der Waals surface area contributed by atoms with E-state index in [0.717, 1.165) is 16.6 Å². The summed E-state index contributed by atoms with van der Waals surface area (Å²) >= 11 is 0. The monoisotopic (exact) mass is 258 g/mol. The second-order valence-electron chi connectivity index (χ2n) is 5.02. The maximum Gasteiger partial charge on any atom is 0.323 e. The highest BCUT2D eigenvalue weighted by Gasteiger charge is 2.22. The Morgan fingerprint density at radius 3 is 2.74 bits per heavy atom. The Bertz CT molecular complexity index is 718. The van der Waals surface area contributed by atoms with Gasteiger partial charge in [0.2, 0.25) is 0 Å². The average molecular weight is 258 g/mol. The third-order valence-electron chi connectivity index (χ3n) is 3.09. The molecule has 0 aliphatic carbocycles. The van der Waals surface area contributed by atoms with Gasteiger partial charge in [0.15, 0.2) is 6.07 Å². The Morgan fingerprint density at radius 1 is 1.37 bits per heavy atom. The van der Waals surface area contributed by atoms with Crippen LogP contribution < -0.4 is 11.0 Å². The smallest absolute Gasteiger partial charge is 0.323 e. The number of rotatable bonds is 3. The molecule has 0 bridgehead atoms. The van der Waals surface area contributed by atoms with Crippen molar-refractivity contribution >= 4 is 16.9 Å². The van der Waals surface area contributed by atoms with Crippen molar-refractivity contribution in [2.75, 3.05) is 6.54 Å². The number of imidazole rings is 1.